The molecular weight excluding hydrogens is 344 g/mol. The summed E-state index contributed by atoms with van der Waals surface area (Å²) in [4.78, 5) is 23.7. The van der Waals surface area contributed by atoms with Gasteiger partial charge in [-0.1, -0.05) is 38.0 Å². The SMILES string of the molecule is C[C@]12CCCC[C@H]1[C@H]2C(=O)N/N=C\c1ccc(-c2ccccc2C(=O)O)o1. The molecule has 0 aliphatic heterocycles. The fourth-order valence-electron chi connectivity index (χ4n) is 4.53. The minimum atomic E-state index is -1.01. The van der Waals surface area contributed by atoms with Gasteiger partial charge in [0.25, 0.3) is 0 Å². The molecule has 0 radical (unpaired) electrons. The third-order valence-electron chi connectivity index (χ3n) is 6.03. The molecule has 2 aliphatic rings. The Morgan fingerprint density at radius 1 is 1.26 bits per heavy atom. The lowest BCUT2D eigenvalue weighted by Crippen LogP contribution is -2.22. The first-order chi connectivity index (χ1) is 13.0. The number of furan rings is 1. The number of carbonyl (C=O) groups excluding carboxylic acids is 1. The van der Waals surface area contributed by atoms with Gasteiger partial charge in [-0.25, -0.2) is 10.2 Å². The van der Waals surface area contributed by atoms with E-state index in [9.17, 15) is 14.7 Å². The van der Waals surface area contributed by atoms with Gasteiger partial charge < -0.3 is 9.52 Å². The standard InChI is InChI=1S/C21H22N2O4/c1-21-11-5-4-8-16(21)18(21)19(24)23-22-12-13-9-10-17(27-13)14-6-2-3-7-15(14)20(25)26/h2-3,6-7,9-10,12,16,18H,4-5,8,11H2,1H3,(H,23,24)(H,25,26)/b22-12-/t16-,18-,21-/m0/s1. The number of hydrogen-bond acceptors (Lipinski definition) is 4. The fraction of sp³-hybridized carbons (Fsp3) is 0.381. The highest BCUT2D eigenvalue weighted by molar-refractivity contribution is 5.95. The predicted octanol–water partition coefficient (Wildman–Crippen LogP) is 3.92. The van der Waals surface area contributed by atoms with Gasteiger partial charge in [-0.3, -0.25) is 4.79 Å². The van der Waals surface area contributed by atoms with Crippen molar-refractivity contribution in [1.82, 2.24) is 5.43 Å². The summed E-state index contributed by atoms with van der Waals surface area (Å²) in [6, 6.07) is 10.0. The summed E-state index contributed by atoms with van der Waals surface area (Å²) in [7, 11) is 0. The van der Waals surface area contributed by atoms with Crippen LogP contribution in [0.25, 0.3) is 11.3 Å². The molecule has 2 aromatic rings. The normalized spacial score (nSPS) is 26.6. The molecular formula is C21H22N2O4. The number of aromatic carboxylic acids is 1. The number of nitrogens with zero attached hydrogens (tertiary/aromatic N) is 1. The summed E-state index contributed by atoms with van der Waals surface area (Å²) in [6.07, 6.45) is 6.10. The lowest BCUT2D eigenvalue weighted by atomic mass is 9.90. The highest BCUT2D eigenvalue weighted by Gasteiger charge is 2.64. The predicted molar refractivity (Wildman–Crippen MR) is 100 cm³/mol. The molecule has 2 aliphatic carbocycles. The maximum Gasteiger partial charge on any atom is 0.336 e. The summed E-state index contributed by atoms with van der Waals surface area (Å²) < 4.78 is 5.67. The van der Waals surface area contributed by atoms with Crippen LogP contribution in [0.15, 0.2) is 45.9 Å². The minimum absolute atomic E-state index is 0.0244. The molecule has 6 nitrogen and oxygen atoms in total. The molecule has 2 saturated carbocycles. The van der Waals surface area contributed by atoms with E-state index >= 15 is 0 Å². The molecule has 6 heteroatoms. The zero-order valence-electron chi connectivity index (χ0n) is 15.1. The van der Waals surface area contributed by atoms with Gasteiger partial charge in [-0.2, -0.15) is 5.10 Å². The Hall–Kier alpha value is -2.89. The molecule has 2 fully saturated rings. The Kier molecular flexibility index (Phi) is 4.34. The van der Waals surface area contributed by atoms with Crippen molar-refractivity contribution < 1.29 is 19.1 Å². The number of rotatable bonds is 5. The van der Waals surface area contributed by atoms with Crippen LogP contribution in [0.3, 0.4) is 0 Å². The lowest BCUT2D eigenvalue weighted by Gasteiger charge is -2.15. The second-order valence-corrected chi connectivity index (χ2v) is 7.62. The average molecular weight is 366 g/mol. The van der Waals surface area contributed by atoms with Crippen molar-refractivity contribution in [3.63, 3.8) is 0 Å². The maximum atomic E-state index is 12.4. The van der Waals surface area contributed by atoms with Crippen LogP contribution >= 0.6 is 0 Å². The van der Waals surface area contributed by atoms with E-state index in [4.69, 9.17) is 4.42 Å². The molecule has 4 rings (SSSR count). The largest absolute Gasteiger partial charge is 0.478 e. The number of amides is 1. The highest BCUT2D eigenvalue weighted by Crippen LogP contribution is 2.66. The van der Waals surface area contributed by atoms with Gasteiger partial charge in [-0.15, -0.1) is 0 Å². The van der Waals surface area contributed by atoms with Gasteiger partial charge in [0.2, 0.25) is 5.91 Å². The molecule has 27 heavy (non-hydrogen) atoms. The van der Waals surface area contributed by atoms with Gasteiger partial charge in [0.05, 0.1) is 11.8 Å². The van der Waals surface area contributed by atoms with Crippen molar-refractivity contribution in [2.75, 3.05) is 0 Å². The molecule has 1 amide bonds. The first-order valence-corrected chi connectivity index (χ1v) is 9.26. The van der Waals surface area contributed by atoms with Crippen LogP contribution in [0.4, 0.5) is 0 Å². The van der Waals surface area contributed by atoms with Crippen molar-refractivity contribution in [3.8, 4) is 11.3 Å². The summed E-state index contributed by atoms with van der Waals surface area (Å²) >= 11 is 0. The number of carbonyl (C=O) groups is 2. The second-order valence-electron chi connectivity index (χ2n) is 7.62. The van der Waals surface area contributed by atoms with E-state index in [0.717, 1.165) is 12.8 Å². The monoisotopic (exact) mass is 366 g/mol. The number of benzene rings is 1. The van der Waals surface area contributed by atoms with Gasteiger partial charge >= 0.3 is 5.97 Å². The number of carboxylic acids is 1. The molecule has 0 unspecified atom stereocenters. The van der Waals surface area contributed by atoms with E-state index in [2.05, 4.69) is 17.5 Å². The first-order valence-electron chi connectivity index (χ1n) is 9.26. The Morgan fingerprint density at radius 2 is 2.07 bits per heavy atom. The van der Waals surface area contributed by atoms with E-state index < -0.39 is 5.97 Å². The van der Waals surface area contributed by atoms with E-state index in [1.807, 2.05) is 0 Å². The Labute approximate surface area is 157 Å². The summed E-state index contributed by atoms with van der Waals surface area (Å²) in [5.41, 5.74) is 3.46. The van der Waals surface area contributed by atoms with Crippen LogP contribution in [-0.4, -0.2) is 23.2 Å². The first kappa shape index (κ1) is 17.5. The Balaban J connectivity index is 1.42. The molecule has 140 valence electrons. The van der Waals surface area contributed by atoms with Crippen LogP contribution in [0.2, 0.25) is 0 Å². The van der Waals surface area contributed by atoms with E-state index in [1.54, 1.807) is 30.3 Å². The second kappa shape index (κ2) is 6.68. The third-order valence-corrected chi connectivity index (χ3v) is 6.03. The zero-order chi connectivity index (χ0) is 19.0. The summed E-state index contributed by atoms with van der Waals surface area (Å²) in [5, 5.41) is 13.3. The van der Waals surface area contributed by atoms with Gasteiger partial charge in [0.1, 0.15) is 11.5 Å². The molecule has 3 atom stereocenters. The Morgan fingerprint density at radius 3 is 2.81 bits per heavy atom. The number of carboxylic acid groups (broad SMARTS) is 1. The van der Waals surface area contributed by atoms with Crippen molar-refractivity contribution in [2.24, 2.45) is 22.4 Å². The van der Waals surface area contributed by atoms with Gasteiger partial charge in [-0.05, 0) is 42.4 Å². The van der Waals surface area contributed by atoms with Crippen molar-refractivity contribution in [1.29, 1.82) is 0 Å². The third kappa shape index (κ3) is 3.16. The molecule has 1 heterocycles. The van der Waals surface area contributed by atoms with Crippen LogP contribution in [-0.2, 0) is 4.79 Å². The van der Waals surface area contributed by atoms with Crippen LogP contribution in [0.1, 0.15) is 48.7 Å². The number of nitrogens with one attached hydrogen (secondary N) is 1. The quantitative estimate of drug-likeness (QED) is 0.620. The van der Waals surface area contributed by atoms with Gasteiger partial charge in [0, 0.05) is 11.5 Å². The van der Waals surface area contributed by atoms with Gasteiger partial charge in [0.15, 0.2) is 0 Å². The average Bonchev–Trinajstić information content (AvgIpc) is 3.03. The van der Waals surface area contributed by atoms with Crippen molar-refractivity contribution in [3.05, 3.63) is 47.7 Å². The number of hydrogen-bond donors (Lipinski definition) is 2. The van der Waals surface area contributed by atoms with Crippen LogP contribution in [0, 0.1) is 17.3 Å². The molecule has 1 aromatic heterocycles. The van der Waals surface area contributed by atoms with E-state index in [0.29, 0.717) is 23.0 Å². The molecule has 2 N–H and O–H groups in total. The van der Waals surface area contributed by atoms with E-state index in [1.165, 1.54) is 25.1 Å². The van der Waals surface area contributed by atoms with E-state index in [-0.39, 0.29) is 22.8 Å². The zero-order valence-corrected chi connectivity index (χ0v) is 15.1. The minimum Gasteiger partial charge on any atom is -0.478 e. The number of fused-ring (bicyclic) bond motifs is 1. The number of hydrazone groups is 1. The molecule has 0 bridgehead atoms. The maximum absolute atomic E-state index is 12.4. The molecule has 1 aromatic carbocycles. The molecule has 0 spiro atoms. The van der Waals surface area contributed by atoms with Crippen molar-refractivity contribution >= 4 is 18.1 Å². The Bertz CT molecular complexity index is 916. The summed E-state index contributed by atoms with van der Waals surface area (Å²) in [6.45, 7) is 2.20. The fourth-order valence-corrected chi connectivity index (χ4v) is 4.53. The van der Waals surface area contributed by atoms with Crippen molar-refractivity contribution in [2.45, 2.75) is 32.6 Å². The summed E-state index contributed by atoms with van der Waals surface area (Å²) in [5.74, 6) is 0.412. The van der Waals surface area contributed by atoms with Crippen LogP contribution in [0.5, 0.6) is 0 Å². The smallest absolute Gasteiger partial charge is 0.336 e. The van der Waals surface area contributed by atoms with Crippen LogP contribution < -0.4 is 5.43 Å². The highest BCUT2D eigenvalue weighted by atomic mass is 16.4. The topological polar surface area (TPSA) is 91.9 Å². The molecule has 0 saturated heterocycles. The lowest BCUT2D eigenvalue weighted by molar-refractivity contribution is -0.123.